The van der Waals surface area contributed by atoms with Crippen molar-refractivity contribution in [1.29, 1.82) is 0 Å². The molecule has 0 radical (unpaired) electrons. The minimum absolute atomic E-state index is 0.174. The monoisotopic (exact) mass is 1020 g/mol. The van der Waals surface area contributed by atoms with Gasteiger partial charge in [-0.15, -0.1) is 0 Å². The molecule has 1 aliphatic rings. The van der Waals surface area contributed by atoms with Crippen LogP contribution in [-0.4, -0.2) is 4.57 Å². The molecule has 0 aliphatic heterocycles. The third-order valence-corrected chi connectivity index (χ3v) is 16.9. The molecule has 0 saturated carbocycles. The SMILES string of the molecule is C=Cc1ccc(-c2ccc3c(c2)c2cc(-c4ccc(C=C)cc4)ccc2n3-c2ccc3c(c2)C(CCCCCC)(CCCCCC)c2cccc(N(c4ccc(-c5ccccc5)cc4)c4ccc(-c5ccccc5)cc4)c2-3)cc1. The Labute approximate surface area is 468 Å². The Morgan fingerprint density at radius 2 is 0.835 bits per heavy atom. The number of nitrogens with zero attached hydrogens (tertiary/aromatic N) is 2. The molecule has 2 heteroatoms. The van der Waals surface area contributed by atoms with Crippen LogP contribution in [0.4, 0.5) is 17.1 Å². The van der Waals surface area contributed by atoms with Gasteiger partial charge in [0.15, 0.2) is 0 Å². The van der Waals surface area contributed by atoms with E-state index in [-0.39, 0.29) is 5.41 Å². The maximum Gasteiger partial charge on any atom is 0.0543 e. The molecule has 0 bridgehead atoms. The van der Waals surface area contributed by atoms with Crippen molar-refractivity contribution in [2.45, 2.75) is 83.5 Å². The van der Waals surface area contributed by atoms with E-state index >= 15 is 0 Å². The maximum atomic E-state index is 4.02. The van der Waals surface area contributed by atoms with Gasteiger partial charge in [-0.05, 0) is 152 Å². The van der Waals surface area contributed by atoms with Crippen molar-refractivity contribution in [2.24, 2.45) is 0 Å². The summed E-state index contributed by atoms with van der Waals surface area (Å²) in [5.41, 5.74) is 24.5. The molecule has 0 spiro atoms. The third kappa shape index (κ3) is 9.87. The lowest BCUT2D eigenvalue weighted by Gasteiger charge is -2.34. The summed E-state index contributed by atoms with van der Waals surface area (Å²) in [7, 11) is 0. The van der Waals surface area contributed by atoms with E-state index in [1.54, 1.807) is 0 Å². The van der Waals surface area contributed by atoms with Crippen LogP contribution in [0.15, 0.2) is 244 Å². The molecule has 1 heterocycles. The van der Waals surface area contributed by atoms with Gasteiger partial charge in [0.2, 0.25) is 0 Å². The highest BCUT2D eigenvalue weighted by atomic mass is 15.1. The zero-order valence-electron chi connectivity index (χ0n) is 46.0. The summed E-state index contributed by atoms with van der Waals surface area (Å²) >= 11 is 0. The second-order valence-corrected chi connectivity index (χ2v) is 21.7. The standard InChI is InChI=1S/C77H70N2/c1-5-9-11-19-50-77(51-20-12-10-6-2)71-26-21-27-75(78(65-42-36-59(37-43-65)57-22-15-13-16-23-57)66-44-38-60(39-45-66)58-24-17-14-18-25-58)76(71)68-47-46-67(54-72(68)77)79-73-48-40-63(61-32-28-55(7-3)29-33-61)52-69(73)70-53-64(41-49-74(70)79)62-34-30-56(8-4)31-35-62/h7-8,13-18,21-49,52-54H,3-6,9-12,19-20,50-51H2,1-2H3. The number of anilines is 3. The van der Waals surface area contributed by atoms with E-state index in [1.165, 1.54) is 151 Å². The average Bonchev–Trinajstić information content (AvgIpc) is 4.23. The summed E-state index contributed by atoms with van der Waals surface area (Å²) in [6.45, 7) is 12.7. The van der Waals surface area contributed by atoms with E-state index in [4.69, 9.17) is 0 Å². The lowest BCUT2D eigenvalue weighted by Crippen LogP contribution is -2.26. The summed E-state index contributed by atoms with van der Waals surface area (Å²) < 4.78 is 2.55. The van der Waals surface area contributed by atoms with Gasteiger partial charge >= 0.3 is 0 Å². The van der Waals surface area contributed by atoms with Gasteiger partial charge in [-0.25, -0.2) is 0 Å². The second-order valence-electron chi connectivity index (χ2n) is 21.7. The first-order valence-corrected chi connectivity index (χ1v) is 28.9. The Kier molecular flexibility index (Phi) is 14.7. The normalized spacial score (nSPS) is 12.4. The molecule has 0 saturated heterocycles. The van der Waals surface area contributed by atoms with Crippen molar-refractivity contribution in [1.82, 2.24) is 4.57 Å². The van der Waals surface area contributed by atoms with Crippen LogP contribution in [0.25, 0.3) is 95.3 Å². The molecule has 1 aromatic heterocycles. The third-order valence-electron chi connectivity index (χ3n) is 16.9. The zero-order valence-corrected chi connectivity index (χ0v) is 46.0. The first-order valence-electron chi connectivity index (χ1n) is 28.9. The molecule has 11 aromatic rings. The fourth-order valence-corrected chi connectivity index (χ4v) is 12.8. The summed E-state index contributed by atoms with van der Waals surface area (Å²) in [4.78, 5) is 2.53. The van der Waals surface area contributed by atoms with Crippen LogP contribution in [0.1, 0.15) is 100 Å². The number of benzene rings is 10. The molecule has 0 fully saturated rings. The number of rotatable bonds is 20. The van der Waals surface area contributed by atoms with Crippen molar-refractivity contribution in [2.75, 3.05) is 4.90 Å². The van der Waals surface area contributed by atoms with Crippen LogP contribution in [0, 0.1) is 0 Å². The minimum atomic E-state index is -0.174. The Bertz CT molecular complexity index is 3710. The molecular formula is C77H70N2. The molecule has 2 nitrogen and oxygen atoms in total. The molecule has 1 aliphatic carbocycles. The maximum absolute atomic E-state index is 4.02. The first kappa shape index (κ1) is 51.1. The molecular weight excluding hydrogens is 953 g/mol. The number of hydrogen-bond donors (Lipinski definition) is 0. The van der Waals surface area contributed by atoms with Gasteiger partial charge in [0.05, 0.1) is 16.7 Å². The highest BCUT2D eigenvalue weighted by Crippen LogP contribution is 2.59. The van der Waals surface area contributed by atoms with Crippen molar-refractivity contribution in [3.05, 3.63) is 266 Å². The van der Waals surface area contributed by atoms with Gasteiger partial charge in [-0.3, -0.25) is 0 Å². The highest BCUT2D eigenvalue weighted by Gasteiger charge is 2.44. The predicted octanol–water partition coefficient (Wildman–Crippen LogP) is 22.4. The van der Waals surface area contributed by atoms with E-state index in [1.807, 2.05) is 12.2 Å². The molecule has 10 aromatic carbocycles. The Morgan fingerprint density at radius 3 is 1.30 bits per heavy atom. The lowest BCUT2D eigenvalue weighted by atomic mass is 9.70. The quantitative estimate of drug-likeness (QED) is 0.0691. The summed E-state index contributed by atoms with van der Waals surface area (Å²) in [5, 5.41) is 2.49. The molecule has 79 heavy (non-hydrogen) atoms. The molecule has 12 rings (SSSR count). The second kappa shape index (κ2) is 22.7. The molecule has 0 N–H and O–H groups in total. The van der Waals surface area contributed by atoms with Crippen LogP contribution in [0.3, 0.4) is 0 Å². The lowest BCUT2D eigenvalue weighted by molar-refractivity contribution is 0.401. The smallest absolute Gasteiger partial charge is 0.0543 e. The van der Waals surface area contributed by atoms with Crippen molar-refractivity contribution < 1.29 is 0 Å². The van der Waals surface area contributed by atoms with E-state index < -0.39 is 0 Å². The van der Waals surface area contributed by atoms with Crippen molar-refractivity contribution in [3.63, 3.8) is 0 Å². The fourth-order valence-electron chi connectivity index (χ4n) is 12.8. The van der Waals surface area contributed by atoms with Gasteiger partial charge in [-0.1, -0.05) is 254 Å². The average molecular weight is 1020 g/mol. The first-order chi connectivity index (χ1) is 39.0. The zero-order chi connectivity index (χ0) is 53.7. The minimum Gasteiger partial charge on any atom is -0.310 e. The fraction of sp³-hybridized carbons (Fsp3) is 0.169. The van der Waals surface area contributed by atoms with E-state index in [9.17, 15) is 0 Å². The Hall–Kier alpha value is -8.72. The largest absolute Gasteiger partial charge is 0.310 e. The number of aromatic nitrogens is 1. The summed E-state index contributed by atoms with van der Waals surface area (Å²) in [6.07, 6.45) is 15.8. The van der Waals surface area contributed by atoms with Gasteiger partial charge < -0.3 is 9.47 Å². The molecule has 0 amide bonds. The van der Waals surface area contributed by atoms with E-state index in [0.717, 1.165) is 35.3 Å². The topological polar surface area (TPSA) is 8.17 Å². The van der Waals surface area contributed by atoms with Crippen LogP contribution < -0.4 is 4.90 Å². The highest BCUT2D eigenvalue weighted by molar-refractivity contribution is 6.12. The van der Waals surface area contributed by atoms with Crippen LogP contribution in [-0.2, 0) is 5.41 Å². The van der Waals surface area contributed by atoms with Crippen LogP contribution >= 0.6 is 0 Å². The van der Waals surface area contributed by atoms with Crippen LogP contribution in [0.2, 0.25) is 0 Å². The Morgan fingerprint density at radius 1 is 0.392 bits per heavy atom. The van der Waals surface area contributed by atoms with Crippen molar-refractivity contribution >= 4 is 51.0 Å². The molecule has 0 atom stereocenters. The van der Waals surface area contributed by atoms with Crippen LogP contribution in [0.5, 0.6) is 0 Å². The van der Waals surface area contributed by atoms with Gasteiger partial charge in [0, 0.05) is 38.8 Å². The number of fused-ring (bicyclic) bond motifs is 6. The predicted molar refractivity (Wildman–Crippen MR) is 341 cm³/mol. The van der Waals surface area contributed by atoms with Gasteiger partial charge in [0.25, 0.3) is 0 Å². The number of hydrogen-bond acceptors (Lipinski definition) is 1. The molecule has 388 valence electrons. The van der Waals surface area contributed by atoms with E-state index in [0.29, 0.717) is 0 Å². The van der Waals surface area contributed by atoms with Gasteiger partial charge in [-0.2, -0.15) is 0 Å². The van der Waals surface area contributed by atoms with Crippen molar-refractivity contribution in [3.8, 4) is 61.3 Å². The Balaban J connectivity index is 1.07. The molecule has 0 unspecified atom stereocenters. The van der Waals surface area contributed by atoms with Gasteiger partial charge in [0.1, 0.15) is 0 Å². The summed E-state index contributed by atoms with van der Waals surface area (Å²) in [5.74, 6) is 0. The van der Waals surface area contributed by atoms with E-state index in [2.05, 4.69) is 267 Å². The number of unbranched alkanes of at least 4 members (excludes halogenated alkanes) is 6. The summed E-state index contributed by atoms with van der Waals surface area (Å²) in [6, 6.07) is 86.4.